The number of hydrogen-bond acceptors (Lipinski definition) is 3. The summed E-state index contributed by atoms with van der Waals surface area (Å²) in [6, 6.07) is 0. The summed E-state index contributed by atoms with van der Waals surface area (Å²) in [5, 5.41) is 2.82. The zero-order valence-electron chi connectivity index (χ0n) is 6.26. The van der Waals surface area contributed by atoms with E-state index in [1.165, 1.54) is 0 Å². The number of hydrogen-bond donors (Lipinski definition) is 0. The van der Waals surface area contributed by atoms with E-state index in [9.17, 15) is 0 Å². The lowest BCUT2D eigenvalue weighted by Gasteiger charge is -1.93. The van der Waals surface area contributed by atoms with Gasteiger partial charge in [-0.2, -0.15) is 0 Å². The molecule has 0 spiro atoms. The number of rotatable bonds is 3. The molecule has 0 saturated carbocycles. The van der Waals surface area contributed by atoms with Crippen molar-refractivity contribution >= 4 is 11.3 Å². The molecule has 0 aliphatic heterocycles. The highest BCUT2D eigenvalue weighted by molar-refractivity contribution is 7.11. The molecule has 10 heavy (non-hydrogen) atoms. The first-order valence-corrected chi connectivity index (χ1v) is 4.32. The Bertz CT molecular complexity index is 197. The fourth-order valence-corrected chi connectivity index (χ4v) is 1.45. The summed E-state index contributed by atoms with van der Waals surface area (Å²) in [6.07, 6.45) is 0.990. The number of aryl methyl sites for hydroxylation is 1. The lowest BCUT2D eigenvalue weighted by atomic mass is 10.4. The molecule has 56 valence electrons. The molecule has 2 nitrogen and oxygen atoms in total. The van der Waals surface area contributed by atoms with Gasteiger partial charge in [-0.3, -0.25) is 0 Å². The highest BCUT2D eigenvalue weighted by Crippen LogP contribution is 2.17. The van der Waals surface area contributed by atoms with Gasteiger partial charge >= 0.3 is 0 Å². The number of aromatic nitrogens is 1. The summed E-state index contributed by atoms with van der Waals surface area (Å²) in [6.45, 7) is 4.76. The molecular formula is C7H11NOS. The second-order valence-corrected chi connectivity index (χ2v) is 2.71. The molecule has 0 amide bonds. The Balaban J connectivity index is 2.59. The van der Waals surface area contributed by atoms with Crippen molar-refractivity contribution in [3.8, 4) is 5.19 Å². The van der Waals surface area contributed by atoms with Gasteiger partial charge in [-0.25, -0.2) is 4.98 Å². The van der Waals surface area contributed by atoms with Gasteiger partial charge in [0, 0.05) is 5.38 Å². The van der Waals surface area contributed by atoms with E-state index in [1.807, 2.05) is 12.3 Å². The zero-order chi connectivity index (χ0) is 7.40. The fourth-order valence-electron chi connectivity index (χ4n) is 0.641. The monoisotopic (exact) mass is 157 g/mol. The van der Waals surface area contributed by atoms with Crippen molar-refractivity contribution in [2.45, 2.75) is 20.3 Å². The summed E-state index contributed by atoms with van der Waals surface area (Å²) in [7, 11) is 0. The fraction of sp³-hybridized carbons (Fsp3) is 0.571. The highest BCUT2D eigenvalue weighted by atomic mass is 32.1. The van der Waals surface area contributed by atoms with Crippen LogP contribution in [0.2, 0.25) is 0 Å². The summed E-state index contributed by atoms with van der Waals surface area (Å²) in [5.74, 6) is 0. The lowest BCUT2D eigenvalue weighted by Crippen LogP contribution is -1.90. The van der Waals surface area contributed by atoms with E-state index >= 15 is 0 Å². The van der Waals surface area contributed by atoms with Gasteiger partial charge in [-0.1, -0.05) is 18.3 Å². The van der Waals surface area contributed by atoms with Crippen LogP contribution in [0.15, 0.2) is 5.38 Å². The zero-order valence-corrected chi connectivity index (χ0v) is 7.07. The Hall–Kier alpha value is -0.570. The minimum absolute atomic E-state index is 0.705. The van der Waals surface area contributed by atoms with E-state index in [-0.39, 0.29) is 0 Å². The maximum atomic E-state index is 5.20. The Kier molecular flexibility index (Phi) is 2.68. The molecule has 0 fully saturated rings. The third-order valence-corrected chi connectivity index (χ3v) is 1.96. The maximum Gasteiger partial charge on any atom is 0.273 e. The van der Waals surface area contributed by atoms with Crippen LogP contribution in [0, 0.1) is 0 Å². The van der Waals surface area contributed by atoms with Gasteiger partial charge in [0.15, 0.2) is 0 Å². The second kappa shape index (κ2) is 3.56. The van der Waals surface area contributed by atoms with Crippen LogP contribution in [0.1, 0.15) is 19.5 Å². The van der Waals surface area contributed by atoms with Gasteiger partial charge in [-0.15, -0.1) is 0 Å². The SMILES string of the molecule is CCOc1nc(CC)cs1. The van der Waals surface area contributed by atoms with Crippen molar-refractivity contribution in [1.29, 1.82) is 0 Å². The van der Waals surface area contributed by atoms with Crippen LogP contribution in [-0.4, -0.2) is 11.6 Å². The van der Waals surface area contributed by atoms with Crippen molar-refractivity contribution in [1.82, 2.24) is 4.98 Å². The standard InChI is InChI=1S/C7H11NOS/c1-3-6-5-10-7(8-6)9-4-2/h5H,3-4H2,1-2H3. The summed E-state index contributed by atoms with van der Waals surface area (Å²) in [5.41, 5.74) is 1.12. The second-order valence-electron chi connectivity index (χ2n) is 1.89. The van der Waals surface area contributed by atoms with Crippen LogP contribution < -0.4 is 4.74 Å². The van der Waals surface area contributed by atoms with E-state index in [1.54, 1.807) is 11.3 Å². The molecule has 0 atom stereocenters. The molecular weight excluding hydrogens is 146 g/mol. The quantitative estimate of drug-likeness (QED) is 0.670. The predicted molar refractivity (Wildman–Crippen MR) is 42.7 cm³/mol. The molecule has 1 aromatic heterocycles. The average molecular weight is 157 g/mol. The number of thiazole rings is 1. The van der Waals surface area contributed by atoms with Crippen LogP contribution >= 0.6 is 11.3 Å². The van der Waals surface area contributed by atoms with Gasteiger partial charge < -0.3 is 4.74 Å². The van der Waals surface area contributed by atoms with Crippen LogP contribution in [0.3, 0.4) is 0 Å². The topological polar surface area (TPSA) is 22.1 Å². The molecule has 0 saturated heterocycles. The van der Waals surface area contributed by atoms with E-state index in [4.69, 9.17) is 4.74 Å². The summed E-state index contributed by atoms with van der Waals surface area (Å²) in [4.78, 5) is 4.21. The van der Waals surface area contributed by atoms with Gasteiger partial charge in [0.05, 0.1) is 12.3 Å². The van der Waals surface area contributed by atoms with Crippen molar-refractivity contribution in [2.24, 2.45) is 0 Å². The lowest BCUT2D eigenvalue weighted by molar-refractivity contribution is 0.337. The van der Waals surface area contributed by atoms with E-state index in [0.29, 0.717) is 6.61 Å². The van der Waals surface area contributed by atoms with E-state index in [0.717, 1.165) is 17.3 Å². The molecule has 0 aliphatic rings. The first kappa shape index (κ1) is 7.54. The highest BCUT2D eigenvalue weighted by Gasteiger charge is 1.97. The smallest absolute Gasteiger partial charge is 0.273 e. The summed E-state index contributed by atoms with van der Waals surface area (Å²) < 4.78 is 5.20. The maximum absolute atomic E-state index is 5.20. The van der Waals surface area contributed by atoms with Crippen LogP contribution in [0.25, 0.3) is 0 Å². The molecule has 0 unspecified atom stereocenters. The van der Waals surface area contributed by atoms with Crippen LogP contribution in [0.4, 0.5) is 0 Å². The Morgan fingerprint density at radius 2 is 2.40 bits per heavy atom. The Labute approximate surface area is 64.9 Å². The van der Waals surface area contributed by atoms with Crippen molar-refractivity contribution in [2.75, 3.05) is 6.61 Å². The van der Waals surface area contributed by atoms with E-state index in [2.05, 4.69) is 11.9 Å². The van der Waals surface area contributed by atoms with E-state index < -0.39 is 0 Å². The first-order chi connectivity index (χ1) is 4.86. The Morgan fingerprint density at radius 3 is 2.90 bits per heavy atom. The van der Waals surface area contributed by atoms with Gasteiger partial charge in [0.1, 0.15) is 0 Å². The predicted octanol–water partition coefficient (Wildman–Crippen LogP) is 2.10. The average Bonchev–Trinajstić information content (AvgIpc) is 2.37. The van der Waals surface area contributed by atoms with Gasteiger partial charge in [0.2, 0.25) is 0 Å². The largest absolute Gasteiger partial charge is 0.470 e. The minimum atomic E-state index is 0.705. The van der Waals surface area contributed by atoms with Crippen molar-refractivity contribution in [3.63, 3.8) is 0 Å². The van der Waals surface area contributed by atoms with Gasteiger partial charge in [-0.05, 0) is 13.3 Å². The molecule has 0 bridgehead atoms. The molecule has 1 rings (SSSR count). The van der Waals surface area contributed by atoms with Crippen LogP contribution in [0.5, 0.6) is 5.19 Å². The Morgan fingerprint density at radius 1 is 1.60 bits per heavy atom. The van der Waals surface area contributed by atoms with Gasteiger partial charge in [0.25, 0.3) is 5.19 Å². The molecule has 1 heterocycles. The van der Waals surface area contributed by atoms with Crippen molar-refractivity contribution < 1.29 is 4.74 Å². The molecule has 0 N–H and O–H groups in total. The normalized spacial score (nSPS) is 9.80. The number of nitrogens with zero attached hydrogens (tertiary/aromatic N) is 1. The number of ether oxygens (including phenoxy) is 1. The first-order valence-electron chi connectivity index (χ1n) is 3.44. The third kappa shape index (κ3) is 1.70. The van der Waals surface area contributed by atoms with Crippen LogP contribution in [-0.2, 0) is 6.42 Å². The molecule has 3 heteroatoms. The third-order valence-electron chi connectivity index (χ3n) is 1.16. The minimum Gasteiger partial charge on any atom is -0.470 e. The molecule has 1 aromatic rings. The molecule has 0 aromatic carbocycles. The van der Waals surface area contributed by atoms with Crippen molar-refractivity contribution in [3.05, 3.63) is 11.1 Å². The molecule has 0 radical (unpaired) electrons. The summed E-state index contributed by atoms with van der Waals surface area (Å²) >= 11 is 1.57. The molecule has 0 aliphatic carbocycles.